The second-order valence-electron chi connectivity index (χ2n) is 4.61. The number of hydrogen-bond acceptors (Lipinski definition) is 4. The van der Waals surface area contributed by atoms with E-state index in [9.17, 15) is 9.59 Å². The highest BCUT2D eigenvalue weighted by atomic mass is 16.6. The zero-order valence-corrected chi connectivity index (χ0v) is 12.0. The van der Waals surface area contributed by atoms with Crippen LogP contribution >= 0.6 is 0 Å². The van der Waals surface area contributed by atoms with Crippen LogP contribution in [0.25, 0.3) is 10.8 Å². The van der Waals surface area contributed by atoms with Gasteiger partial charge in [-0.15, -0.1) is 0 Å². The van der Waals surface area contributed by atoms with Gasteiger partial charge in [0.1, 0.15) is 0 Å². The summed E-state index contributed by atoms with van der Waals surface area (Å²) < 4.78 is 9.88. The van der Waals surface area contributed by atoms with Crippen LogP contribution in [-0.4, -0.2) is 19.0 Å². The minimum atomic E-state index is -0.848. The molecule has 0 aliphatic heterocycles. The molecule has 2 rings (SSSR count). The van der Waals surface area contributed by atoms with Gasteiger partial charge in [-0.05, 0) is 22.4 Å². The Morgan fingerprint density at radius 1 is 1.10 bits per heavy atom. The third kappa shape index (κ3) is 3.28. The average molecular weight is 284 g/mol. The molecular formula is C17H16O4. The third-order valence-electron chi connectivity index (χ3n) is 3.12. The molecular weight excluding hydrogens is 268 g/mol. The Hall–Kier alpha value is -2.62. The molecule has 0 spiro atoms. The van der Waals surface area contributed by atoms with Crippen molar-refractivity contribution >= 4 is 22.7 Å². The molecule has 1 unspecified atom stereocenters. The number of rotatable bonds is 4. The van der Waals surface area contributed by atoms with Crippen molar-refractivity contribution in [3.63, 3.8) is 0 Å². The third-order valence-corrected chi connectivity index (χ3v) is 3.12. The van der Waals surface area contributed by atoms with E-state index in [0.29, 0.717) is 5.56 Å². The molecule has 0 aliphatic carbocycles. The first-order valence-electron chi connectivity index (χ1n) is 6.46. The number of fused-ring (bicyclic) bond motifs is 1. The molecule has 0 saturated carbocycles. The summed E-state index contributed by atoms with van der Waals surface area (Å²) in [6.07, 6.45) is -0.848. The van der Waals surface area contributed by atoms with E-state index in [4.69, 9.17) is 4.74 Å². The Balaban J connectivity index is 2.44. The number of hydrogen-bond donors (Lipinski definition) is 0. The molecule has 0 heterocycles. The minimum Gasteiger partial charge on any atom is -0.466 e. The predicted molar refractivity (Wildman–Crippen MR) is 79.6 cm³/mol. The zero-order valence-electron chi connectivity index (χ0n) is 12.0. The summed E-state index contributed by atoms with van der Waals surface area (Å²) in [5.74, 6) is -1.09. The molecule has 0 fully saturated rings. The topological polar surface area (TPSA) is 52.6 Å². The fraction of sp³-hybridized carbons (Fsp3) is 0.176. The van der Waals surface area contributed by atoms with E-state index in [0.717, 1.165) is 10.8 Å². The first-order valence-corrected chi connectivity index (χ1v) is 6.46. The van der Waals surface area contributed by atoms with Gasteiger partial charge in [0.15, 0.2) is 6.10 Å². The number of carbonyl (C=O) groups is 2. The van der Waals surface area contributed by atoms with Crippen molar-refractivity contribution < 1.29 is 19.1 Å². The Labute approximate surface area is 123 Å². The van der Waals surface area contributed by atoms with Crippen LogP contribution in [0.15, 0.2) is 54.6 Å². The lowest BCUT2D eigenvalue weighted by Crippen LogP contribution is -2.17. The van der Waals surface area contributed by atoms with Crippen molar-refractivity contribution in [1.29, 1.82) is 0 Å². The summed E-state index contributed by atoms with van der Waals surface area (Å²) in [6.45, 7) is 4.97. The van der Waals surface area contributed by atoms with E-state index in [2.05, 4.69) is 11.3 Å². The fourth-order valence-corrected chi connectivity index (χ4v) is 2.12. The molecule has 1 atom stereocenters. The Morgan fingerprint density at radius 2 is 1.76 bits per heavy atom. The van der Waals surface area contributed by atoms with Crippen LogP contribution in [0.2, 0.25) is 0 Å². The molecule has 4 nitrogen and oxygen atoms in total. The average Bonchev–Trinajstić information content (AvgIpc) is 2.50. The van der Waals surface area contributed by atoms with Crippen molar-refractivity contribution in [3.05, 3.63) is 60.2 Å². The summed E-state index contributed by atoms with van der Waals surface area (Å²) in [6, 6.07) is 13.4. The number of benzene rings is 2. The van der Waals surface area contributed by atoms with Crippen LogP contribution in [0.4, 0.5) is 0 Å². The van der Waals surface area contributed by atoms with Crippen LogP contribution in [0.5, 0.6) is 0 Å². The molecule has 0 bridgehead atoms. The van der Waals surface area contributed by atoms with E-state index in [1.165, 1.54) is 14.0 Å². The number of ether oxygens (including phenoxy) is 2. The minimum absolute atomic E-state index is 0.0861. The molecule has 21 heavy (non-hydrogen) atoms. The summed E-state index contributed by atoms with van der Waals surface area (Å²) in [5, 5.41) is 2.05. The van der Waals surface area contributed by atoms with Crippen molar-refractivity contribution in [3.8, 4) is 0 Å². The number of esters is 2. The second kappa shape index (κ2) is 6.22. The maximum Gasteiger partial charge on any atom is 0.337 e. The Kier molecular flexibility index (Phi) is 4.38. The van der Waals surface area contributed by atoms with Crippen LogP contribution < -0.4 is 0 Å². The van der Waals surface area contributed by atoms with Crippen molar-refractivity contribution in [2.24, 2.45) is 0 Å². The highest BCUT2D eigenvalue weighted by molar-refractivity contribution is 5.90. The van der Waals surface area contributed by atoms with Crippen molar-refractivity contribution in [1.82, 2.24) is 0 Å². The van der Waals surface area contributed by atoms with E-state index >= 15 is 0 Å². The monoisotopic (exact) mass is 284 g/mol. The Morgan fingerprint density at radius 3 is 2.38 bits per heavy atom. The fourth-order valence-electron chi connectivity index (χ4n) is 2.12. The molecule has 0 amide bonds. The van der Waals surface area contributed by atoms with Gasteiger partial charge in [-0.1, -0.05) is 43.0 Å². The second-order valence-corrected chi connectivity index (χ2v) is 4.61. The van der Waals surface area contributed by atoms with Gasteiger partial charge in [-0.3, -0.25) is 4.79 Å². The van der Waals surface area contributed by atoms with Gasteiger partial charge < -0.3 is 9.47 Å². The van der Waals surface area contributed by atoms with E-state index in [-0.39, 0.29) is 5.57 Å². The first kappa shape index (κ1) is 14.8. The van der Waals surface area contributed by atoms with Gasteiger partial charge in [0.25, 0.3) is 0 Å². The first-order chi connectivity index (χ1) is 10.0. The molecule has 2 aromatic carbocycles. The highest BCUT2D eigenvalue weighted by Gasteiger charge is 2.24. The van der Waals surface area contributed by atoms with Crippen molar-refractivity contribution in [2.75, 3.05) is 7.11 Å². The lowest BCUT2D eigenvalue weighted by Gasteiger charge is -2.19. The molecule has 0 saturated heterocycles. The SMILES string of the molecule is C=C(C(=O)OC)C(OC(C)=O)c1ccc2ccccc2c1. The highest BCUT2D eigenvalue weighted by Crippen LogP contribution is 2.28. The molecule has 2 aromatic rings. The molecule has 0 aliphatic rings. The molecule has 0 aromatic heterocycles. The lowest BCUT2D eigenvalue weighted by atomic mass is 9.99. The molecule has 0 N–H and O–H groups in total. The molecule has 4 heteroatoms. The smallest absolute Gasteiger partial charge is 0.337 e. The standard InChI is InChI=1S/C17H16O4/c1-11(17(19)20-3)16(21-12(2)18)15-9-8-13-6-4-5-7-14(13)10-15/h4-10,16H,1H2,2-3H3. The summed E-state index contributed by atoms with van der Waals surface area (Å²) >= 11 is 0. The number of carbonyl (C=O) groups excluding carboxylic acids is 2. The van der Waals surface area contributed by atoms with Crippen LogP contribution in [0.3, 0.4) is 0 Å². The predicted octanol–water partition coefficient (Wildman–Crippen LogP) is 3.17. The summed E-state index contributed by atoms with van der Waals surface area (Å²) in [5.41, 5.74) is 0.766. The van der Waals surface area contributed by atoms with Gasteiger partial charge in [-0.2, -0.15) is 0 Å². The van der Waals surface area contributed by atoms with Crippen molar-refractivity contribution in [2.45, 2.75) is 13.0 Å². The summed E-state index contributed by atoms with van der Waals surface area (Å²) in [4.78, 5) is 22.9. The van der Waals surface area contributed by atoms with Gasteiger partial charge in [-0.25, -0.2) is 4.79 Å². The normalized spacial score (nSPS) is 11.7. The maximum atomic E-state index is 11.7. The molecule has 0 radical (unpaired) electrons. The lowest BCUT2D eigenvalue weighted by molar-refractivity contribution is -0.147. The van der Waals surface area contributed by atoms with Gasteiger partial charge in [0.05, 0.1) is 12.7 Å². The Bertz CT molecular complexity index is 703. The van der Waals surface area contributed by atoms with Gasteiger partial charge in [0, 0.05) is 6.92 Å². The zero-order chi connectivity index (χ0) is 15.4. The quantitative estimate of drug-likeness (QED) is 0.639. The van der Waals surface area contributed by atoms with Crippen LogP contribution in [0, 0.1) is 0 Å². The maximum absolute atomic E-state index is 11.7. The molecule has 108 valence electrons. The van der Waals surface area contributed by atoms with E-state index in [1.54, 1.807) is 0 Å². The van der Waals surface area contributed by atoms with Gasteiger partial charge in [0.2, 0.25) is 0 Å². The van der Waals surface area contributed by atoms with Crippen LogP contribution in [0.1, 0.15) is 18.6 Å². The van der Waals surface area contributed by atoms with Crippen LogP contribution in [-0.2, 0) is 19.1 Å². The van der Waals surface area contributed by atoms with E-state index in [1.807, 2.05) is 42.5 Å². The largest absolute Gasteiger partial charge is 0.466 e. The summed E-state index contributed by atoms with van der Waals surface area (Å²) in [7, 11) is 1.26. The van der Waals surface area contributed by atoms with E-state index < -0.39 is 18.0 Å². The van der Waals surface area contributed by atoms with Gasteiger partial charge >= 0.3 is 11.9 Å². The number of methoxy groups -OCH3 is 1.